The van der Waals surface area contributed by atoms with Crippen LogP contribution in [0.25, 0.3) is 0 Å². The van der Waals surface area contributed by atoms with Crippen molar-refractivity contribution in [3.63, 3.8) is 0 Å². The van der Waals surface area contributed by atoms with Gasteiger partial charge in [-0.15, -0.1) is 0 Å². The molecule has 0 saturated carbocycles. The standard InChI is InChI=1S/C24H31NO2S/c26-24(27)18-8-6-4-2-1-3-5-7-13-19-25-20-14-9-11-16-22(20)28-23-17-12-10-15-21(23)25/h9-12,14-17H,1-8,13,18-19H2,(H,26,27). The predicted molar refractivity (Wildman–Crippen MR) is 118 cm³/mol. The Balaban J connectivity index is 1.36. The van der Waals surface area contributed by atoms with Crippen molar-refractivity contribution in [1.82, 2.24) is 0 Å². The van der Waals surface area contributed by atoms with Crippen LogP contribution in [0, 0.1) is 0 Å². The number of para-hydroxylation sites is 2. The number of unbranched alkanes of at least 4 members (excludes halogenated alkanes) is 8. The number of carboxylic acid groups (broad SMARTS) is 1. The van der Waals surface area contributed by atoms with Crippen LogP contribution in [0.1, 0.15) is 64.2 Å². The molecule has 0 atom stereocenters. The Kier molecular flexibility index (Phi) is 8.28. The quantitative estimate of drug-likeness (QED) is 0.382. The smallest absolute Gasteiger partial charge is 0.303 e. The number of benzene rings is 2. The molecule has 3 nitrogen and oxygen atoms in total. The van der Waals surface area contributed by atoms with Crippen molar-refractivity contribution < 1.29 is 9.90 Å². The monoisotopic (exact) mass is 397 g/mol. The zero-order valence-corrected chi connectivity index (χ0v) is 17.4. The van der Waals surface area contributed by atoms with Crippen molar-refractivity contribution in [2.45, 2.75) is 74.0 Å². The van der Waals surface area contributed by atoms with Crippen LogP contribution in [0.2, 0.25) is 0 Å². The highest BCUT2D eigenvalue weighted by Crippen LogP contribution is 2.47. The van der Waals surface area contributed by atoms with Crippen LogP contribution >= 0.6 is 11.8 Å². The molecule has 0 amide bonds. The van der Waals surface area contributed by atoms with Gasteiger partial charge in [-0.25, -0.2) is 0 Å². The van der Waals surface area contributed by atoms with Crippen LogP contribution in [0.15, 0.2) is 58.3 Å². The molecule has 4 heteroatoms. The molecule has 1 N–H and O–H groups in total. The minimum atomic E-state index is -0.669. The molecule has 0 saturated heterocycles. The van der Waals surface area contributed by atoms with Gasteiger partial charge in [0.15, 0.2) is 0 Å². The van der Waals surface area contributed by atoms with Gasteiger partial charge in [-0.1, -0.05) is 81.0 Å². The summed E-state index contributed by atoms with van der Waals surface area (Å²) in [6.07, 6.45) is 11.0. The maximum Gasteiger partial charge on any atom is 0.303 e. The maximum absolute atomic E-state index is 10.5. The largest absolute Gasteiger partial charge is 0.481 e. The third-order valence-electron chi connectivity index (χ3n) is 5.30. The van der Waals surface area contributed by atoms with Crippen molar-refractivity contribution in [3.05, 3.63) is 48.5 Å². The molecule has 2 aromatic carbocycles. The Morgan fingerprint density at radius 1 is 0.714 bits per heavy atom. The van der Waals surface area contributed by atoms with E-state index < -0.39 is 5.97 Å². The second kappa shape index (κ2) is 11.2. The van der Waals surface area contributed by atoms with Gasteiger partial charge in [0.05, 0.1) is 11.4 Å². The highest BCUT2D eigenvalue weighted by Gasteiger charge is 2.21. The third kappa shape index (κ3) is 6.03. The van der Waals surface area contributed by atoms with E-state index in [1.807, 2.05) is 11.8 Å². The summed E-state index contributed by atoms with van der Waals surface area (Å²) in [5.41, 5.74) is 2.68. The maximum atomic E-state index is 10.5. The number of aliphatic carboxylic acids is 1. The van der Waals surface area contributed by atoms with E-state index in [9.17, 15) is 4.79 Å². The molecule has 0 radical (unpaired) electrons. The zero-order chi connectivity index (χ0) is 19.6. The van der Waals surface area contributed by atoms with Gasteiger partial charge in [-0.2, -0.15) is 0 Å². The number of hydrogen-bond acceptors (Lipinski definition) is 3. The number of nitrogens with zero attached hydrogens (tertiary/aromatic N) is 1. The molecule has 2 aromatic rings. The normalized spacial score (nSPS) is 12.5. The predicted octanol–water partition coefficient (Wildman–Crippen LogP) is 7.27. The highest BCUT2D eigenvalue weighted by atomic mass is 32.2. The molecule has 0 bridgehead atoms. The molecule has 0 unspecified atom stereocenters. The van der Waals surface area contributed by atoms with E-state index in [4.69, 9.17) is 5.11 Å². The topological polar surface area (TPSA) is 40.5 Å². The molecular weight excluding hydrogens is 366 g/mol. The van der Waals surface area contributed by atoms with Gasteiger partial charge < -0.3 is 10.0 Å². The molecule has 150 valence electrons. The molecule has 1 aliphatic heterocycles. The fourth-order valence-corrected chi connectivity index (χ4v) is 4.90. The first-order valence-corrected chi connectivity index (χ1v) is 11.4. The van der Waals surface area contributed by atoms with E-state index in [1.54, 1.807) is 0 Å². The van der Waals surface area contributed by atoms with Gasteiger partial charge in [-0.3, -0.25) is 4.79 Å². The molecule has 1 heterocycles. The van der Waals surface area contributed by atoms with Crippen LogP contribution in [0.4, 0.5) is 11.4 Å². The average Bonchev–Trinajstić information content (AvgIpc) is 2.71. The average molecular weight is 398 g/mol. The summed E-state index contributed by atoms with van der Waals surface area (Å²) in [5, 5.41) is 8.63. The summed E-state index contributed by atoms with van der Waals surface area (Å²) in [5.74, 6) is -0.669. The Morgan fingerprint density at radius 3 is 1.71 bits per heavy atom. The molecule has 3 rings (SSSR count). The van der Waals surface area contributed by atoms with Crippen LogP contribution in [0.5, 0.6) is 0 Å². The van der Waals surface area contributed by atoms with Crippen molar-refractivity contribution in [2.75, 3.05) is 11.4 Å². The fraction of sp³-hybridized carbons (Fsp3) is 0.458. The van der Waals surface area contributed by atoms with E-state index in [2.05, 4.69) is 53.4 Å². The lowest BCUT2D eigenvalue weighted by Gasteiger charge is -2.32. The van der Waals surface area contributed by atoms with Crippen LogP contribution in [-0.4, -0.2) is 17.6 Å². The van der Waals surface area contributed by atoms with Crippen molar-refractivity contribution in [1.29, 1.82) is 0 Å². The van der Waals surface area contributed by atoms with Gasteiger partial charge in [-0.05, 0) is 37.1 Å². The Morgan fingerprint density at radius 2 is 1.18 bits per heavy atom. The minimum absolute atomic E-state index is 0.321. The molecule has 0 aliphatic carbocycles. The van der Waals surface area contributed by atoms with E-state index in [1.165, 1.54) is 66.1 Å². The number of rotatable bonds is 12. The number of fused-ring (bicyclic) bond motifs is 2. The van der Waals surface area contributed by atoms with Crippen molar-refractivity contribution in [2.24, 2.45) is 0 Å². The first kappa shape index (κ1) is 20.8. The first-order chi connectivity index (χ1) is 13.8. The Labute approximate surface area is 173 Å². The summed E-state index contributed by atoms with van der Waals surface area (Å²) < 4.78 is 0. The third-order valence-corrected chi connectivity index (χ3v) is 6.43. The van der Waals surface area contributed by atoms with Gasteiger partial charge in [0, 0.05) is 22.8 Å². The molecule has 1 aliphatic rings. The summed E-state index contributed by atoms with van der Waals surface area (Å²) in [6, 6.07) is 17.4. The number of carbonyl (C=O) groups is 1. The van der Waals surface area contributed by atoms with Gasteiger partial charge in [0.25, 0.3) is 0 Å². The van der Waals surface area contributed by atoms with Crippen LogP contribution in [0.3, 0.4) is 0 Å². The lowest BCUT2D eigenvalue weighted by Crippen LogP contribution is -2.21. The first-order valence-electron chi connectivity index (χ1n) is 10.6. The van der Waals surface area contributed by atoms with Crippen LogP contribution in [-0.2, 0) is 4.79 Å². The highest BCUT2D eigenvalue weighted by molar-refractivity contribution is 7.99. The Hall–Kier alpha value is -1.94. The summed E-state index contributed by atoms with van der Waals surface area (Å²) >= 11 is 1.87. The van der Waals surface area contributed by atoms with E-state index in [-0.39, 0.29) is 0 Å². The van der Waals surface area contributed by atoms with E-state index in [0.717, 1.165) is 19.4 Å². The molecule has 0 aromatic heterocycles. The van der Waals surface area contributed by atoms with Gasteiger partial charge >= 0.3 is 5.97 Å². The molecular formula is C24H31NO2S. The lowest BCUT2D eigenvalue weighted by molar-refractivity contribution is -0.137. The molecule has 0 fully saturated rings. The van der Waals surface area contributed by atoms with Crippen molar-refractivity contribution in [3.8, 4) is 0 Å². The molecule has 28 heavy (non-hydrogen) atoms. The molecule has 0 spiro atoms. The Bertz CT molecular complexity index is 716. The zero-order valence-electron chi connectivity index (χ0n) is 16.6. The second-order valence-electron chi connectivity index (χ2n) is 7.51. The fourth-order valence-electron chi connectivity index (χ4n) is 3.81. The summed E-state index contributed by atoms with van der Waals surface area (Å²) in [6.45, 7) is 1.07. The minimum Gasteiger partial charge on any atom is -0.481 e. The van der Waals surface area contributed by atoms with Crippen molar-refractivity contribution >= 4 is 29.1 Å². The SMILES string of the molecule is O=C(O)CCCCCCCCCCCN1c2ccccc2Sc2ccccc21. The van der Waals surface area contributed by atoms with E-state index >= 15 is 0 Å². The van der Waals surface area contributed by atoms with Crippen LogP contribution < -0.4 is 4.90 Å². The number of carboxylic acids is 1. The number of anilines is 2. The number of hydrogen-bond donors (Lipinski definition) is 1. The summed E-state index contributed by atoms with van der Waals surface area (Å²) in [4.78, 5) is 15.7. The van der Waals surface area contributed by atoms with E-state index in [0.29, 0.717) is 6.42 Å². The summed E-state index contributed by atoms with van der Waals surface area (Å²) in [7, 11) is 0. The van der Waals surface area contributed by atoms with Gasteiger partial charge in [0.1, 0.15) is 0 Å². The second-order valence-corrected chi connectivity index (χ2v) is 8.60. The van der Waals surface area contributed by atoms with Gasteiger partial charge in [0.2, 0.25) is 0 Å². The lowest BCUT2D eigenvalue weighted by atomic mass is 10.1.